The molecule has 4 aromatic carbocycles. The van der Waals surface area contributed by atoms with E-state index in [-0.39, 0.29) is 30.3 Å². The first-order chi connectivity index (χ1) is 28.8. The fourth-order valence-electron chi connectivity index (χ4n) is 10.3. The minimum Gasteiger partial charge on any atom is -0.505 e. The first kappa shape index (κ1) is 38.0. The molecule has 10 rings (SSSR count). The van der Waals surface area contributed by atoms with Gasteiger partial charge >= 0.3 is 0 Å². The molecule has 13 heteroatoms. The molecule has 1 N–H and O–H groups in total. The molecule has 300 valence electrons. The van der Waals surface area contributed by atoms with Crippen molar-refractivity contribution < 1.29 is 33.5 Å². The molecule has 0 unspecified atom stereocenters. The molecule has 6 aromatic rings. The fourth-order valence-corrected chi connectivity index (χ4v) is 11.6. The Labute approximate surface area is 352 Å². The topological polar surface area (TPSA) is 130 Å². The average molecular weight is 839 g/mol. The third kappa shape index (κ3) is 5.43. The molecule has 0 spiro atoms. The highest BCUT2D eigenvalue weighted by Crippen LogP contribution is 2.64. The van der Waals surface area contributed by atoms with Crippen LogP contribution in [0.15, 0.2) is 109 Å². The molecule has 10 nitrogen and oxygen atoms in total. The van der Waals surface area contributed by atoms with Crippen molar-refractivity contribution in [3.05, 3.63) is 142 Å². The Morgan fingerprint density at radius 3 is 2.35 bits per heavy atom. The molecule has 0 radical (unpaired) electrons. The van der Waals surface area contributed by atoms with E-state index in [2.05, 4.69) is 0 Å². The van der Waals surface area contributed by atoms with Gasteiger partial charge in [0.1, 0.15) is 11.5 Å². The summed E-state index contributed by atoms with van der Waals surface area (Å²) in [7, 11) is 1.67. The highest BCUT2D eigenvalue weighted by molar-refractivity contribution is 7.22. The lowest BCUT2D eigenvalue weighted by Gasteiger charge is -2.49. The smallest absolute Gasteiger partial charge is 0.242 e. The number of imide groups is 2. The number of fused-ring (bicyclic) bond motifs is 5. The molecule has 3 fully saturated rings. The standard InChI is InChI=1S/C47H36ClFN4O6S/c1-23-31-20-27(48)12-18-37(31)60-42(23)35-22-38(51(3)50-35)53-44(57)33-21-32-29(40(47(33,2)46(53)59)26-11-17-36(54)34(49)19-26)15-16-30-39(32)45(58)52(43(30)56)28-13-9-25(10-14-28)41(55)24-7-5-4-6-8-24/h4-15,17-20,22,30,32-33,39-40,54H,16,21H2,1-3H3/t30-,32+,33-,39-,40-,47+/m0/s1. The van der Waals surface area contributed by atoms with Gasteiger partial charge in [0.25, 0.3) is 0 Å². The van der Waals surface area contributed by atoms with Gasteiger partial charge in [-0.05, 0) is 104 Å². The molecule has 4 aliphatic rings. The summed E-state index contributed by atoms with van der Waals surface area (Å²) in [5, 5.41) is 16.6. The summed E-state index contributed by atoms with van der Waals surface area (Å²) in [6.45, 7) is 3.70. The minimum atomic E-state index is -1.43. The SMILES string of the molecule is Cc1c(-c2cc(N3C(=O)[C@@H]4C[C@@H]5C(=CC[C@@H]6C(=O)N(c7ccc(C(=O)c8ccccc8)cc7)C(=O)[C@@H]65)[C@H](c5ccc(O)c(F)c5)[C@]4(C)C3=O)n(C)n2)sc2ccc(Cl)cc12. The van der Waals surface area contributed by atoms with Crippen molar-refractivity contribution in [1.82, 2.24) is 9.78 Å². The number of benzene rings is 4. The number of aryl methyl sites for hydroxylation is 2. The molecule has 1 saturated carbocycles. The quantitative estimate of drug-likeness (QED) is 0.101. The maximum Gasteiger partial charge on any atom is 0.242 e. The van der Waals surface area contributed by atoms with Gasteiger partial charge in [0, 0.05) is 39.9 Å². The van der Waals surface area contributed by atoms with Crippen LogP contribution in [0.3, 0.4) is 0 Å². The van der Waals surface area contributed by atoms with E-state index in [1.807, 2.05) is 37.3 Å². The number of rotatable bonds is 6. The van der Waals surface area contributed by atoms with Crippen LogP contribution in [0.2, 0.25) is 5.02 Å². The Balaban J connectivity index is 1.03. The fraction of sp³-hybridized carbons (Fsp3) is 0.234. The summed E-state index contributed by atoms with van der Waals surface area (Å²) in [4.78, 5) is 75.1. The summed E-state index contributed by atoms with van der Waals surface area (Å²) >= 11 is 7.84. The van der Waals surface area contributed by atoms with Crippen molar-refractivity contribution in [2.45, 2.75) is 32.6 Å². The van der Waals surface area contributed by atoms with Crippen LogP contribution in [0.1, 0.15) is 52.7 Å². The third-order valence-electron chi connectivity index (χ3n) is 13.2. The second-order valence-corrected chi connectivity index (χ2v) is 17.8. The van der Waals surface area contributed by atoms with Crippen LogP contribution >= 0.6 is 22.9 Å². The van der Waals surface area contributed by atoms with Crippen LogP contribution in [0.5, 0.6) is 5.75 Å². The van der Waals surface area contributed by atoms with E-state index in [9.17, 15) is 24.3 Å². The zero-order valence-corrected chi connectivity index (χ0v) is 34.1. The molecule has 2 aromatic heterocycles. The van der Waals surface area contributed by atoms with E-state index in [1.54, 1.807) is 74.6 Å². The average Bonchev–Trinajstić information content (AvgIpc) is 3.92. The van der Waals surface area contributed by atoms with Gasteiger partial charge in [-0.2, -0.15) is 5.10 Å². The number of phenols is 1. The zero-order valence-electron chi connectivity index (χ0n) is 32.6. The monoisotopic (exact) mass is 838 g/mol. The van der Waals surface area contributed by atoms with Crippen molar-refractivity contribution >= 4 is 73.9 Å². The molecule has 4 heterocycles. The second-order valence-electron chi connectivity index (χ2n) is 16.3. The molecule has 2 saturated heterocycles. The number of thiophene rings is 1. The summed E-state index contributed by atoms with van der Waals surface area (Å²) in [5.74, 6) is -7.25. The summed E-state index contributed by atoms with van der Waals surface area (Å²) < 4.78 is 17.8. The number of amides is 4. The van der Waals surface area contributed by atoms with Crippen LogP contribution in [0, 0.1) is 41.8 Å². The molecule has 60 heavy (non-hydrogen) atoms. The van der Waals surface area contributed by atoms with Crippen molar-refractivity contribution in [2.75, 3.05) is 9.80 Å². The van der Waals surface area contributed by atoms with Gasteiger partial charge in [0.2, 0.25) is 23.6 Å². The summed E-state index contributed by atoms with van der Waals surface area (Å²) in [6, 6.07) is 26.5. The van der Waals surface area contributed by atoms with Gasteiger partial charge in [0.15, 0.2) is 17.3 Å². The first-order valence-corrected chi connectivity index (χ1v) is 20.8. The Morgan fingerprint density at radius 1 is 0.883 bits per heavy atom. The number of allylic oxidation sites excluding steroid dienone is 2. The predicted octanol–water partition coefficient (Wildman–Crippen LogP) is 8.77. The van der Waals surface area contributed by atoms with Crippen molar-refractivity contribution in [3.63, 3.8) is 0 Å². The largest absolute Gasteiger partial charge is 0.505 e. The Hall–Kier alpha value is -6.24. The molecular weight excluding hydrogens is 803 g/mol. The van der Waals surface area contributed by atoms with Gasteiger partial charge in [-0.25, -0.2) is 9.29 Å². The van der Waals surface area contributed by atoms with E-state index in [1.165, 1.54) is 38.0 Å². The zero-order chi connectivity index (χ0) is 41.9. The Kier molecular flexibility index (Phi) is 8.64. The number of aromatic hydroxyl groups is 1. The number of hydrogen-bond donors (Lipinski definition) is 1. The molecule has 0 bridgehead atoms. The van der Waals surface area contributed by atoms with Crippen LogP contribution < -0.4 is 9.80 Å². The molecular formula is C47H36ClFN4O6S. The molecule has 4 amide bonds. The molecule has 6 atom stereocenters. The lowest BCUT2D eigenvalue weighted by molar-refractivity contribution is -0.131. The number of hydrogen-bond acceptors (Lipinski definition) is 8. The number of nitrogens with zero attached hydrogens (tertiary/aromatic N) is 4. The van der Waals surface area contributed by atoms with E-state index in [0.717, 1.165) is 20.5 Å². The highest BCUT2D eigenvalue weighted by atomic mass is 35.5. The van der Waals surface area contributed by atoms with Gasteiger partial charge in [-0.3, -0.25) is 33.6 Å². The number of halogens is 2. The maximum atomic E-state index is 15.3. The summed E-state index contributed by atoms with van der Waals surface area (Å²) in [5.41, 5.74) is 2.39. The van der Waals surface area contributed by atoms with E-state index in [0.29, 0.717) is 38.7 Å². The Bertz CT molecular complexity index is 2910. The van der Waals surface area contributed by atoms with Gasteiger partial charge in [0.05, 0.1) is 33.7 Å². The van der Waals surface area contributed by atoms with Crippen molar-refractivity contribution in [1.29, 1.82) is 0 Å². The predicted molar refractivity (Wildman–Crippen MR) is 225 cm³/mol. The lowest BCUT2D eigenvalue weighted by Crippen LogP contribution is -2.49. The normalized spacial score (nSPS) is 24.8. The molecule has 2 aliphatic carbocycles. The van der Waals surface area contributed by atoms with Crippen LogP contribution in [-0.2, 0) is 26.2 Å². The number of anilines is 2. The lowest BCUT2D eigenvalue weighted by atomic mass is 9.51. The van der Waals surface area contributed by atoms with E-state index in [4.69, 9.17) is 16.7 Å². The number of carbonyl (C=O) groups is 5. The van der Waals surface area contributed by atoms with Crippen molar-refractivity contribution in [3.8, 4) is 16.3 Å². The second kappa shape index (κ2) is 13.7. The number of ketones is 1. The van der Waals surface area contributed by atoms with Gasteiger partial charge in [-0.15, -0.1) is 11.3 Å². The number of carbonyl (C=O) groups excluding carboxylic acids is 5. The maximum absolute atomic E-state index is 15.3. The van der Waals surface area contributed by atoms with Crippen LogP contribution in [-0.4, -0.2) is 44.3 Å². The molecule has 2 aliphatic heterocycles. The first-order valence-electron chi connectivity index (χ1n) is 19.6. The van der Waals surface area contributed by atoms with Crippen LogP contribution in [0.25, 0.3) is 20.7 Å². The van der Waals surface area contributed by atoms with Crippen LogP contribution in [0.4, 0.5) is 15.9 Å². The third-order valence-corrected chi connectivity index (χ3v) is 14.7. The van der Waals surface area contributed by atoms with Gasteiger partial charge in [-0.1, -0.05) is 59.6 Å². The van der Waals surface area contributed by atoms with E-state index < -0.39 is 64.3 Å². The number of phenolic OH excluding ortho intramolecular Hbond substituents is 1. The van der Waals surface area contributed by atoms with E-state index >= 15 is 9.18 Å². The minimum absolute atomic E-state index is 0.0971. The number of aromatic nitrogens is 2. The highest BCUT2D eigenvalue weighted by Gasteiger charge is 2.68. The van der Waals surface area contributed by atoms with Crippen molar-refractivity contribution in [2.24, 2.45) is 36.1 Å². The Morgan fingerprint density at radius 2 is 1.62 bits per heavy atom. The summed E-state index contributed by atoms with van der Waals surface area (Å²) in [6.07, 6.45) is 2.18. The van der Waals surface area contributed by atoms with Gasteiger partial charge < -0.3 is 5.11 Å².